The van der Waals surface area contributed by atoms with Crippen molar-refractivity contribution in [2.24, 2.45) is 5.92 Å². The average molecular weight is 255 g/mol. The fraction of sp³-hybridized carbons (Fsp3) is 0.929. The van der Waals surface area contributed by atoms with E-state index in [4.69, 9.17) is 0 Å². The quantitative estimate of drug-likeness (QED) is 0.750. The molecule has 4 nitrogen and oxygen atoms in total. The summed E-state index contributed by atoms with van der Waals surface area (Å²) in [5, 5.41) is 6.52. The smallest absolute Gasteiger partial charge is 0.237 e. The van der Waals surface area contributed by atoms with Gasteiger partial charge in [0.05, 0.1) is 6.04 Å². The molecule has 1 rings (SSSR count). The van der Waals surface area contributed by atoms with Gasteiger partial charge in [-0.05, 0) is 39.3 Å². The third-order valence-electron chi connectivity index (χ3n) is 3.65. The molecule has 18 heavy (non-hydrogen) atoms. The minimum atomic E-state index is -0.0486. The number of hydrogen-bond donors (Lipinski definition) is 2. The predicted molar refractivity (Wildman–Crippen MR) is 75.6 cm³/mol. The number of carbonyl (C=O) groups excluding carboxylic acids is 1. The molecule has 1 aliphatic rings. The zero-order valence-corrected chi connectivity index (χ0v) is 12.3. The summed E-state index contributed by atoms with van der Waals surface area (Å²) in [7, 11) is 2.04. The van der Waals surface area contributed by atoms with Crippen LogP contribution in [0.5, 0.6) is 0 Å². The highest BCUT2D eigenvalue weighted by molar-refractivity contribution is 5.81. The summed E-state index contributed by atoms with van der Waals surface area (Å²) in [5.41, 5.74) is 0. The second-order valence-electron chi connectivity index (χ2n) is 5.90. The summed E-state index contributed by atoms with van der Waals surface area (Å²) in [6, 6.07) is 0.497. The highest BCUT2D eigenvalue weighted by Gasteiger charge is 2.21. The number of amides is 1. The first-order valence-corrected chi connectivity index (χ1v) is 7.22. The van der Waals surface area contributed by atoms with Crippen molar-refractivity contribution in [2.45, 2.75) is 52.1 Å². The van der Waals surface area contributed by atoms with Gasteiger partial charge < -0.3 is 10.6 Å². The Balaban J connectivity index is 2.30. The summed E-state index contributed by atoms with van der Waals surface area (Å²) in [5.74, 6) is 0.647. The van der Waals surface area contributed by atoms with Crippen LogP contribution in [-0.2, 0) is 4.79 Å². The van der Waals surface area contributed by atoms with Crippen LogP contribution in [-0.4, -0.2) is 49.6 Å². The van der Waals surface area contributed by atoms with E-state index in [1.165, 1.54) is 19.3 Å². The van der Waals surface area contributed by atoms with Gasteiger partial charge in [-0.25, -0.2) is 0 Å². The maximum atomic E-state index is 12.0. The second kappa shape index (κ2) is 7.74. The number of piperidine rings is 1. The molecule has 0 saturated carbocycles. The Morgan fingerprint density at radius 3 is 2.67 bits per heavy atom. The van der Waals surface area contributed by atoms with E-state index in [-0.39, 0.29) is 11.9 Å². The van der Waals surface area contributed by atoms with E-state index >= 15 is 0 Å². The van der Waals surface area contributed by atoms with E-state index in [9.17, 15) is 4.79 Å². The molecule has 1 saturated heterocycles. The van der Waals surface area contributed by atoms with Gasteiger partial charge in [-0.2, -0.15) is 0 Å². The van der Waals surface area contributed by atoms with Crippen LogP contribution in [0.3, 0.4) is 0 Å². The largest absolute Gasteiger partial charge is 0.354 e. The van der Waals surface area contributed by atoms with Crippen LogP contribution in [0.25, 0.3) is 0 Å². The van der Waals surface area contributed by atoms with Gasteiger partial charge >= 0.3 is 0 Å². The lowest BCUT2D eigenvalue weighted by molar-refractivity contribution is -0.125. The molecule has 1 aliphatic heterocycles. The highest BCUT2D eigenvalue weighted by atomic mass is 16.2. The summed E-state index contributed by atoms with van der Waals surface area (Å²) in [6.07, 6.45) is 3.81. The minimum Gasteiger partial charge on any atom is -0.354 e. The van der Waals surface area contributed by atoms with Crippen LogP contribution in [0.2, 0.25) is 0 Å². The lowest BCUT2D eigenvalue weighted by Gasteiger charge is -2.31. The molecule has 2 unspecified atom stereocenters. The Kier molecular flexibility index (Phi) is 6.65. The fourth-order valence-corrected chi connectivity index (χ4v) is 2.24. The molecule has 0 radical (unpaired) electrons. The van der Waals surface area contributed by atoms with E-state index in [0.29, 0.717) is 12.0 Å². The first kappa shape index (κ1) is 15.4. The van der Waals surface area contributed by atoms with Gasteiger partial charge in [0.25, 0.3) is 0 Å². The molecule has 1 fully saturated rings. The molecule has 1 amide bonds. The molecule has 1 heterocycles. The van der Waals surface area contributed by atoms with E-state index in [2.05, 4.69) is 29.4 Å². The molecular weight excluding hydrogens is 226 g/mol. The van der Waals surface area contributed by atoms with Crippen molar-refractivity contribution in [1.82, 2.24) is 15.5 Å². The molecule has 0 aromatic carbocycles. The van der Waals surface area contributed by atoms with Gasteiger partial charge in [0.2, 0.25) is 5.91 Å². The molecule has 0 aromatic heterocycles. The van der Waals surface area contributed by atoms with E-state index in [0.717, 1.165) is 19.6 Å². The van der Waals surface area contributed by atoms with Crippen LogP contribution in [0, 0.1) is 5.92 Å². The molecule has 0 spiro atoms. The number of rotatable bonds is 6. The summed E-state index contributed by atoms with van der Waals surface area (Å²) in [4.78, 5) is 14.1. The van der Waals surface area contributed by atoms with Crippen molar-refractivity contribution in [3.8, 4) is 0 Å². The lowest BCUT2D eigenvalue weighted by atomic mass is 10.0. The molecule has 4 heteroatoms. The predicted octanol–water partition coefficient (Wildman–Crippen LogP) is 1.22. The first-order chi connectivity index (χ1) is 8.50. The summed E-state index contributed by atoms with van der Waals surface area (Å²) in [6.45, 7) is 9.04. The second-order valence-corrected chi connectivity index (χ2v) is 5.90. The van der Waals surface area contributed by atoms with Gasteiger partial charge in [0.1, 0.15) is 0 Å². The summed E-state index contributed by atoms with van der Waals surface area (Å²) < 4.78 is 0. The van der Waals surface area contributed by atoms with Gasteiger partial charge in [-0.1, -0.05) is 20.3 Å². The van der Waals surface area contributed by atoms with Gasteiger partial charge in [-0.3, -0.25) is 9.69 Å². The van der Waals surface area contributed by atoms with Crippen LogP contribution in [0.1, 0.15) is 40.0 Å². The number of carbonyl (C=O) groups is 1. The Labute approximate surface area is 111 Å². The summed E-state index contributed by atoms with van der Waals surface area (Å²) >= 11 is 0. The van der Waals surface area contributed by atoms with Gasteiger partial charge in [-0.15, -0.1) is 0 Å². The Morgan fingerprint density at radius 1 is 1.39 bits per heavy atom. The van der Waals surface area contributed by atoms with E-state index in [1.807, 2.05) is 14.0 Å². The third kappa shape index (κ3) is 5.36. The molecule has 2 N–H and O–H groups in total. The highest BCUT2D eigenvalue weighted by Crippen LogP contribution is 2.09. The lowest BCUT2D eigenvalue weighted by Crippen LogP contribution is -2.50. The topological polar surface area (TPSA) is 44.4 Å². The number of likely N-dealkylation sites (N-methyl/N-ethyl adjacent to an activating group) is 1. The normalized spacial score (nSPS) is 22.2. The maximum absolute atomic E-state index is 12.0. The Bertz CT molecular complexity index is 249. The van der Waals surface area contributed by atoms with Crippen LogP contribution in [0.15, 0.2) is 0 Å². The van der Waals surface area contributed by atoms with Crippen molar-refractivity contribution >= 4 is 5.91 Å². The number of nitrogens with one attached hydrogen (secondary N) is 2. The zero-order chi connectivity index (χ0) is 13.5. The van der Waals surface area contributed by atoms with Crippen molar-refractivity contribution < 1.29 is 4.79 Å². The Morgan fingerprint density at radius 2 is 2.11 bits per heavy atom. The fourth-order valence-electron chi connectivity index (χ4n) is 2.24. The molecule has 0 aromatic rings. The standard InChI is InChI=1S/C14H29N3O/c1-11(2)9-16-14(18)12(3)17(4)10-13-7-5-6-8-15-13/h11-13,15H,5-10H2,1-4H3,(H,16,18). The SMILES string of the molecule is CC(C)CNC(=O)C(C)N(C)CC1CCCCN1. The Hall–Kier alpha value is -0.610. The van der Waals surface area contributed by atoms with Crippen LogP contribution < -0.4 is 10.6 Å². The monoisotopic (exact) mass is 255 g/mol. The number of nitrogens with zero attached hydrogens (tertiary/aromatic N) is 1. The van der Waals surface area contributed by atoms with Gasteiger partial charge in [0, 0.05) is 19.1 Å². The number of hydrogen-bond acceptors (Lipinski definition) is 3. The maximum Gasteiger partial charge on any atom is 0.237 e. The van der Waals surface area contributed by atoms with Crippen molar-refractivity contribution in [3.63, 3.8) is 0 Å². The van der Waals surface area contributed by atoms with Gasteiger partial charge in [0.15, 0.2) is 0 Å². The zero-order valence-electron chi connectivity index (χ0n) is 12.3. The average Bonchev–Trinajstić information content (AvgIpc) is 2.36. The molecule has 0 aliphatic carbocycles. The van der Waals surface area contributed by atoms with Crippen LogP contribution in [0.4, 0.5) is 0 Å². The van der Waals surface area contributed by atoms with E-state index < -0.39 is 0 Å². The molecule has 106 valence electrons. The van der Waals surface area contributed by atoms with Crippen molar-refractivity contribution in [3.05, 3.63) is 0 Å². The third-order valence-corrected chi connectivity index (χ3v) is 3.65. The van der Waals surface area contributed by atoms with Crippen molar-refractivity contribution in [2.75, 3.05) is 26.7 Å². The van der Waals surface area contributed by atoms with E-state index in [1.54, 1.807) is 0 Å². The molecule has 2 atom stereocenters. The minimum absolute atomic E-state index is 0.0486. The molecular formula is C14H29N3O. The molecule has 0 bridgehead atoms. The van der Waals surface area contributed by atoms with Crippen molar-refractivity contribution in [1.29, 1.82) is 0 Å². The first-order valence-electron chi connectivity index (χ1n) is 7.22. The van der Waals surface area contributed by atoms with Crippen LogP contribution >= 0.6 is 0 Å².